The van der Waals surface area contributed by atoms with E-state index in [4.69, 9.17) is 0 Å². The highest BCUT2D eigenvalue weighted by Crippen LogP contribution is 2.25. The fourth-order valence-corrected chi connectivity index (χ4v) is 3.25. The summed E-state index contributed by atoms with van der Waals surface area (Å²) in [5.74, 6) is 1.56. The highest BCUT2D eigenvalue weighted by Gasteiger charge is 2.16. The number of amides is 1. The maximum Gasteiger partial charge on any atom is 0.220 e. The van der Waals surface area contributed by atoms with Gasteiger partial charge in [-0.3, -0.25) is 9.79 Å². The second kappa shape index (κ2) is 11.6. The van der Waals surface area contributed by atoms with E-state index in [1.54, 1.807) is 0 Å². The van der Waals surface area contributed by atoms with Crippen molar-refractivity contribution in [1.29, 1.82) is 0 Å². The Morgan fingerprint density at radius 2 is 1.84 bits per heavy atom. The lowest BCUT2D eigenvalue weighted by atomic mass is 9.87. The third-order valence-electron chi connectivity index (χ3n) is 4.58. The summed E-state index contributed by atoms with van der Waals surface area (Å²) < 4.78 is 2.13. The van der Waals surface area contributed by atoms with E-state index in [9.17, 15) is 4.79 Å². The number of rotatable bonds is 9. The number of nitrogens with one attached hydrogen (secondary N) is 3. The van der Waals surface area contributed by atoms with Crippen LogP contribution in [-0.2, 0) is 11.3 Å². The number of aliphatic imine (C=N–C) groups is 1. The van der Waals surface area contributed by atoms with Crippen LogP contribution in [0.5, 0.6) is 0 Å². The lowest BCUT2D eigenvalue weighted by Crippen LogP contribution is -2.39. The molecule has 0 radical (unpaired) electrons. The van der Waals surface area contributed by atoms with Crippen molar-refractivity contribution in [3.05, 3.63) is 24.5 Å². The van der Waals surface area contributed by atoms with Crippen LogP contribution >= 0.6 is 0 Å². The minimum Gasteiger partial charge on any atom is -0.357 e. The molecule has 1 aliphatic rings. The maximum absolute atomic E-state index is 12.0. The first kappa shape index (κ1) is 19.3. The number of hydrogen-bond donors (Lipinski definition) is 3. The number of aromatic nitrogens is 1. The molecule has 1 saturated carbocycles. The summed E-state index contributed by atoms with van der Waals surface area (Å²) in [6.07, 6.45) is 11.1. The minimum absolute atomic E-state index is 0.174. The quantitative estimate of drug-likeness (QED) is 0.364. The monoisotopic (exact) mass is 347 g/mol. The van der Waals surface area contributed by atoms with Gasteiger partial charge in [-0.15, -0.1) is 0 Å². The minimum atomic E-state index is 0.174. The van der Waals surface area contributed by atoms with Gasteiger partial charge in [0.1, 0.15) is 0 Å². The Morgan fingerprint density at radius 1 is 1.08 bits per heavy atom. The number of nitrogens with zero attached hydrogens (tertiary/aromatic N) is 2. The molecule has 0 bridgehead atoms. The Balaban J connectivity index is 1.61. The van der Waals surface area contributed by atoms with Gasteiger partial charge in [-0.25, -0.2) is 0 Å². The van der Waals surface area contributed by atoms with Gasteiger partial charge >= 0.3 is 0 Å². The van der Waals surface area contributed by atoms with E-state index in [0.29, 0.717) is 25.4 Å². The maximum atomic E-state index is 12.0. The lowest BCUT2D eigenvalue weighted by Gasteiger charge is -2.20. The molecule has 1 fully saturated rings. The van der Waals surface area contributed by atoms with Crippen LogP contribution in [-0.4, -0.2) is 42.6 Å². The lowest BCUT2D eigenvalue weighted by molar-refractivity contribution is -0.122. The summed E-state index contributed by atoms with van der Waals surface area (Å²) in [6.45, 7) is 5.78. The van der Waals surface area contributed by atoms with Crippen molar-refractivity contribution in [3.63, 3.8) is 0 Å². The molecule has 6 nitrogen and oxygen atoms in total. The van der Waals surface area contributed by atoms with Crippen molar-refractivity contribution in [3.8, 4) is 0 Å². The van der Waals surface area contributed by atoms with Gasteiger partial charge < -0.3 is 20.5 Å². The standard InChI is InChI=1S/C19H33N5O/c1-2-20-19(23-12-15-24-13-6-7-14-24)22-11-10-21-18(25)16-17-8-4-3-5-9-17/h6-7,13-14,17H,2-5,8-12,15-16H2,1H3,(H,21,25)(H2,20,22,23). The molecule has 0 aromatic carbocycles. The predicted octanol–water partition coefficient (Wildman–Crippen LogP) is 2.13. The third kappa shape index (κ3) is 8.09. The number of hydrogen-bond acceptors (Lipinski definition) is 2. The van der Waals surface area contributed by atoms with E-state index in [0.717, 1.165) is 25.6 Å². The zero-order chi connectivity index (χ0) is 17.7. The number of carbonyl (C=O) groups is 1. The van der Waals surface area contributed by atoms with Crippen LogP contribution in [0.4, 0.5) is 0 Å². The van der Waals surface area contributed by atoms with E-state index in [2.05, 4.69) is 32.4 Å². The van der Waals surface area contributed by atoms with Crippen LogP contribution in [0.3, 0.4) is 0 Å². The topological polar surface area (TPSA) is 70.4 Å². The van der Waals surface area contributed by atoms with E-state index in [1.165, 1.54) is 32.1 Å². The summed E-state index contributed by atoms with van der Waals surface area (Å²) in [7, 11) is 0. The average Bonchev–Trinajstić information content (AvgIpc) is 3.13. The zero-order valence-electron chi connectivity index (χ0n) is 15.5. The molecule has 0 saturated heterocycles. The van der Waals surface area contributed by atoms with Gasteiger partial charge in [0.2, 0.25) is 5.91 Å². The smallest absolute Gasteiger partial charge is 0.220 e. The first-order valence-electron chi connectivity index (χ1n) is 9.67. The van der Waals surface area contributed by atoms with Gasteiger partial charge in [-0.1, -0.05) is 19.3 Å². The molecule has 3 N–H and O–H groups in total. The van der Waals surface area contributed by atoms with Crippen LogP contribution in [0.25, 0.3) is 0 Å². The fraction of sp³-hybridized carbons (Fsp3) is 0.684. The molecular weight excluding hydrogens is 314 g/mol. The Hall–Kier alpha value is -1.98. The van der Waals surface area contributed by atoms with Gasteiger partial charge in [0, 0.05) is 45.0 Å². The van der Waals surface area contributed by atoms with Crippen molar-refractivity contribution in [2.75, 3.05) is 26.2 Å². The predicted molar refractivity (Wildman–Crippen MR) is 103 cm³/mol. The molecule has 1 aliphatic carbocycles. The Kier molecular flexibility index (Phi) is 8.94. The van der Waals surface area contributed by atoms with Crippen molar-refractivity contribution < 1.29 is 4.79 Å². The van der Waals surface area contributed by atoms with Crippen molar-refractivity contribution >= 4 is 11.9 Å². The van der Waals surface area contributed by atoms with E-state index in [1.807, 2.05) is 24.5 Å². The zero-order valence-corrected chi connectivity index (χ0v) is 15.5. The highest BCUT2D eigenvalue weighted by atomic mass is 16.1. The second-order valence-electron chi connectivity index (χ2n) is 6.67. The number of guanidine groups is 1. The van der Waals surface area contributed by atoms with Gasteiger partial charge in [0.15, 0.2) is 5.96 Å². The summed E-state index contributed by atoms with van der Waals surface area (Å²) in [5.41, 5.74) is 0. The van der Waals surface area contributed by atoms with Crippen molar-refractivity contribution in [2.24, 2.45) is 10.9 Å². The molecular formula is C19H33N5O. The van der Waals surface area contributed by atoms with Gasteiger partial charge in [0.25, 0.3) is 0 Å². The van der Waals surface area contributed by atoms with Crippen molar-refractivity contribution in [2.45, 2.75) is 52.0 Å². The Labute approximate surface area is 151 Å². The van der Waals surface area contributed by atoms with Gasteiger partial charge in [-0.2, -0.15) is 0 Å². The largest absolute Gasteiger partial charge is 0.357 e. The molecule has 0 aliphatic heterocycles. The first-order chi connectivity index (χ1) is 12.3. The molecule has 1 aromatic rings. The fourth-order valence-electron chi connectivity index (χ4n) is 3.25. The first-order valence-corrected chi connectivity index (χ1v) is 9.67. The third-order valence-corrected chi connectivity index (χ3v) is 4.58. The molecule has 0 atom stereocenters. The normalized spacial score (nSPS) is 15.8. The van der Waals surface area contributed by atoms with Crippen LogP contribution < -0.4 is 16.0 Å². The summed E-state index contributed by atoms with van der Waals surface area (Å²) in [6, 6.07) is 4.05. The Bertz CT molecular complexity index is 506. The molecule has 0 spiro atoms. The van der Waals surface area contributed by atoms with E-state index in [-0.39, 0.29) is 5.91 Å². The molecule has 0 unspecified atom stereocenters. The SMILES string of the molecule is CCNC(=NCCNC(=O)CC1CCCCC1)NCCn1cccc1. The Morgan fingerprint density at radius 3 is 2.56 bits per heavy atom. The molecule has 6 heteroatoms. The van der Waals surface area contributed by atoms with Crippen LogP contribution in [0.2, 0.25) is 0 Å². The molecule has 1 heterocycles. The van der Waals surface area contributed by atoms with E-state index < -0.39 is 0 Å². The molecule has 1 aromatic heterocycles. The number of carbonyl (C=O) groups excluding carboxylic acids is 1. The van der Waals surface area contributed by atoms with Crippen LogP contribution in [0, 0.1) is 5.92 Å². The van der Waals surface area contributed by atoms with Crippen molar-refractivity contribution in [1.82, 2.24) is 20.5 Å². The average molecular weight is 348 g/mol. The highest BCUT2D eigenvalue weighted by molar-refractivity contribution is 5.79. The molecule has 2 rings (SSSR count). The second-order valence-corrected chi connectivity index (χ2v) is 6.67. The summed E-state index contributed by atoms with van der Waals surface area (Å²) in [5, 5.41) is 9.55. The molecule has 25 heavy (non-hydrogen) atoms. The van der Waals surface area contributed by atoms with E-state index >= 15 is 0 Å². The van der Waals surface area contributed by atoms with Crippen LogP contribution in [0.15, 0.2) is 29.5 Å². The summed E-state index contributed by atoms with van der Waals surface area (Å²) in [4.78, 5) is 16.5. The molecule has 1 amide bonds. The molecule has 140 valence electrons. The van der Waals surface area contributed by atoms with Crippen LogP contribution in [0.1, 0.15) is 45.4 Å². The van der Waals surface area contributed by atoms with Gasteiger partial charge in [0.05, 0.1) is 6.54 Å². The van der Waals surface area contributed by atoms with Gasteiger partial charge in [-0.05, 0) is 37.8 Å². The summed E-state index contributed by atoms with van der Waals surface area (Å²) >= 11 is 0.